The predicted molar refractivity (Wildman–Crippen MR) is 61.6 cm³/mol. The third kappa shape index (κ3) is 3.55. The highest BCUT2D eigenvalue weighted by Gasteiger charge is 2.30. The third-order valence-electron chi connectivity index (χ3n) is 2.27. The van der Waals surface area contributed by atoms with Crippen LogP contribution >= 0.6 is 0 Å². The highest BCUT2D eigenvalue weighted by molar-refractivity contribution is 5.43. The van der Waals surface area contributed by atoms with Crippen LogP contribution in [0, 0.1) is 17.8 Å². The molecule has 0 unspecified atom stereocenters. The van der Waals surface area contributed by atoms with Gasteiger partial charge in [-0.3, -0.25) is 0 Å². The van der Waals surface area contributed by atoms with E-state index in [0.29, 0.717) is 5.56 Å². The molecule has 0 bridgehead atoms. The normalized spacial score (nSPS) is 10.7. The van der Waals surface area contributed by atoms with Crippen molar-refractivity contribution in [1.29, 1.82) is 0 Å². The second kappa shape index (κ2) is 5.11. The summed E-state index contributed by atoms with van der Waals surface area (Å²) >= 11 is 0. The van der Waals surface area contributed by atoms with Crippen molar-refractivity contribution in [3.05, 3.63) is 65.2 Å². The molecule has 0 fully saturated rings. The first-order valence-corrected chi connectivity index (χ1v) is 5.26. The lowest BCUT2D eigenvalue weighted by molar-refractivity contribution is -0.137. The van der Waals surface area contributed by atoms with Gasteiger partial charge in [0.25, 0.3) is 0 Å². The van der Waals surface area contributed by atoms with E-state index in [9.17, 15) is 17.6 Å². The summed E-state index contributed by atoms with van der Waals surface area (Å²) in [5.41, 5.74) is -0.197. The Balaban J connectivity index is 2.30. The van der Waals surface area contributed by atoms with Gasteiger partial charge in [0.1, 0.15) is 0 Å². The van der Waals surface area contributed by atoms with Crippen LogP contribution in [0.15, 0.2) is 42.6 Å². The average molecular weight is 265 g/mol. The maximum Gasteiger partial charge on any atom is 0.416 e. The van der Waals surface area contributed by atoms with E-state index in [-0.39, 0.29) is 5.56 Å². The Morgan fingerprint density at radius 1 is 0.947 bits per heavy atom. The summed E-state index contributed by atoms with van der Waals surface area (Å²) in [5.74, 6) is 4.45. The number of pyridine rings is 1. The monoisotopic (exact) mass is 265 g/mol. The van der Waals surface area contributed by atoms with E-state index in [4.69, 9.17) is 0 Å². The molecule has 0 atom stereocenters. The molecule has 1 heterocycles. The molecule has 0 N–H and O–H groups in total. The van der Waals surface area contributed by atoms with Crippen molar-refractivity contribution in [1.82, 2.24) is 4.98 Å². The number of nitrogens with zero attached hydrogens (tertiary/aromatic N) is 1. The fourth-order valence-corrected chi connectivity index (χ4v) is 1.40. The Morgan fingerprint density at radius 2 is 1.63 bits per heavy atom. The van der Waals surface area contributed by atoms with Crippen molar-refractivity contribution >= 4 is 0 Å². The van der Waals surface area contributed by atoms with Crippen molar-refractivity contribution in [2.45, 2.75) is 6.18 Å². The quantitative estimate of drug-likeness (QED) is 0.402. The van der Waals surface area contributed by atoms with E-state index < -0.39 is 17.7 Å². The summed E-state index contributed by atoms with van der Waals surface area (Å²) in [6, 6.07) is 7.24. The molecule has 19 heavy (non-hydrogen) atoms. The van der Waals surface area contributed by atoms with Gasteiger partial charge in [-0.1, -0.05) is 17.9 Å². The minimum absolute atomic E-state index is 0.215. The molecular weight excluding hydrogens is 258 g/mol. The number of halogens is 4. The molecule has 0 saturated carbocycles. The Bertz CT molecular complexity index is 650. The van der Waals surface area contributed by atoms with Crippen LogP contribution in [0.5, 0.6) is 0 Å². The Kier molecular flexibility index (Phi) is 3.52. The molecule has 2 rings (SSSR count). The molecule has 1 aromatic heterocycles. The molecule has 0 aliphatic heterocycles. The van der Waals surface area contributed by atoms with Crippen LogP contribution in [0.1, 0.15) is 16.7 Å². The molecule has 5 heteroatoms. The fraction of sp³-hybridized carbons (Fsp3) is 0.0714. The molecule has 0 amide bonds. The topological polar surface area (TPSA) is 12.9 Å². The molecule has 0 saturated heterocycles. The zero-order chi connectivity index (χ0) is 13.9. The van der Waals surface area contributed by atoms with E-state index >= 15 is 0 Å². The number of alkyl halides is 3. The lowest BCUT2D eigenvalue weighted by Gasteiger charge is -2.05. The van der Waals surface area contributed by atoms with Gasteiger partial charge in [-0.25, -0.2) is 4.98 Å². The van der Waals surface area contributed by atoms with Crippen LogP contribution < -0.4 is 0 Å². The van der Waals surface area contributed by atoms with Crippen LogP contribution in [0.4, 0.5) is 17.6 Å². The first kappa shape index (κ1) is 13.1. The van der Waals surface area contributed by atoms with Crippen LogP contribution in [0.3, 0.4) is 0 Å². The van der Waals surface area contributed by atoms with Crippen LogP contribution in [-0.4, -0.2) is 4.98 Å². The maximum absolute atomic E-state index is 12.8. The number of benzene rings is 1. The lowest BCUT2D eigenvalue weighted by atomic mass is 10.1. The minimum atomic E-state index is -4.40. The van der Waals surface area contributed by atoms with E-state index in [1.165, 1.54) is 24.4 Å². The highest BCUT2D eigenvalue weighted by Crippen LogP contribution is 2.29. The van der Waals surface area contributed by atoms with E-state index in [1.54, 1.807) is 0 Å². The van der Waals surface area contributed by atoms with Crippen molar-refractivity contribution < 1.29 is 17.6 Å². The maximum atomic E-state index is 12.8. The summed E-state index contributed by atoms with van der Waals surface area (Å²) < 4.78 is 50.2. The van der Waals surface area contributed by atoms with Gasteiger partial charge in [0.05, 0.1) is 5.56 Å². The van der Waals surface area contributed by atoms with Gasteiger partial charge in [0, 0.05) is 23.4 Å². The summed E-state index contributed by atoms with van der Waals surface area (Å²) in [7, 11) is 0. The van der Waals surface area contributed by atoms with Gasteiger partial charge < -0.3 is 0 Å². The SMILES string of the molecule is Fc1cc(C#Cc2cccc(C(F)(F)F)c2)ccn1. The van der Waals surface area contributed by atoms with E-state index in [0.717, 1.165) is 18.2 Å². The Labute approximate surface area is 106 Å². The zero-order valence-electron chi connectivity index (χ0n) is 9.50. The molecule has 96 valence electrons. The van der Waals surface area contributed by atoms with E-state index in [1.807, 2.05) is 0 Å². The average Bonchev–Trinajstić information content (AvgIpc) is 2.36. The number of aromatic nitrogens is 1. The van der Waals surface area contributed by atoms with Crippen molar-refractivity contribution in [3.63, 3.8) is 0 Å². The standard InChI is InChI=1S/C14H7F4N/c15-13-9-11(6-7-19-13)5-4-10-2-1-3-12(8-10)14(16,17)18/h1-3,6-9H. The molecule has 0 radical (unpaired) electrons. The molecule has 0 aliphatic rings. The van der Waals surface area contributed by atoms with Crippen molar-refractivity contribution in [2.24, 2.45) is 0 Å². The third-order valence-corrected chi connectivity index (χ3v) is 2.27. The van der Waals surface area contributed by atoms with Gasteiger partial charge >= 0.3 is 6.18 Å². The largest absolute Gasteiger partial charge is 0.416 e. The lowest BCUT2D eigenvalue weighted by Crippen LogP contribution is -2.04. The van der Waals surface area contributed by atoms with Gasteiger partial charge in [-0.05, 0) is 24.3 Å². The number of hydrogen-bond donors (Lipinski definition) is 0. The van der Waals surface area contributed by atoms with Crippen LogP contribution in [0.2, 0.25) is 0 Å². The predicted octanol–water partition coefficient (Wildman–Crippen LogP) is 3.64. The van der Waals surface area contributed by atoms with Gasteiger partial charge in [-0.2, -0.15) is 17.6 Å². The zero-order valence-corrected chi connectivity index (χ0v) is 9.50. The second-order valence-electron chi connectivity index (χ2n) is 3.70. The number of hydrogen-bond acceptors (Lipinski definition) is 1. The highest BCUT2D eigenvalue weighted by atomic mass is 19.4. The molecular formula is C14H7F4N. The van der Waals surface area contributed by atoms with Gasteiger partial charge in [-0.15, -0.1) is 0 Å². The molecule has 1 aromatic carbocycles. The van der Waals surface area contributed by atoms with Crippen molar-refractivity contribution in [2.75, 3.05) is 0 Å². The van der Waals surface area contributed by atoms with E-state index in [2.05, 4.69) is 16.8 Å². The molecule has 1 nitrogen and oxygen atoms in total. The smallest absolute Gasteiger partial charge is 0.228 e. The summed E-state index contributed by atoms with van der Waals surface area (Å²) in [5, 5.41) is 0. The molecule has 0 aliphatic carbocycles. The van der Waals surface area contributed by atoms with Crippen molar-refractivity contribution in [3.8, 4) is 11.8 Å². The number of rotatable bonds is 0. The first-order chi connectivity index (χ1) is 8.95. The summed E-state index contributed by atoms with van der Waals surface area (Å²) in [6.45, 7) is 0. The minimum Gasteiger partial charge on any atom is -0.228 e. The Morgan fingerprint density at radius 3 is 2.26 bits per heavy atom. The molecule has 0 spiro atoms. The summed E-state index contributed by atoms with van der Waals surface area (Å²) in [6.07, 6.45) is -3.16. The van der Waals surface area contributed by atoms with Gasteiger partial charge in [0.15, 0.2) is 0 Å². The fourth-order valence-electron chi connectivity index (χ4n) is 1.40. The molecule has 2 aromatic rings. The Hall–Kier alpha value is -2.35. The second-order valence-corrected chi connectivity index (χ2v) is 3.70. The van der Waals surface area contributed by atoms with Crippen LogP contribution in [0.25, 0.3) is 0 Å². The van der Waals surface area contributed by atoms with Gasteiger partial charge in [0.2, 0.25) is 5.95 Å². The first-order valence-electron chi connectivity index (χ1n) is 5.26. The van der Waals surface area contributed by atoms with Crippen LogP contribution in [-0.2, 0) is 6.18 Å². The summed E-state index contributed by atoms with van der Waals surface area (Å²) in [4.78, 5) is 3.36.